The lowest BCUT2D eigenvalue weighted by molar-refractivity contribution is -0.121. The second kappa shape index (κ2) is 7.98. The molecule has 0 spiro atoms. The van der Waals surface area contributed by atoms with Gasteiger partial charge in [0, 0.05) is 24.3 Å². The van der Waals surface area contributed by atoms with Crippen molar-refractivity contribution in [3.63, 3.8) is 0 Å². The molecule has 0 aliphatic heterocycles. The topological polar surface area (TPSA) is 29.1 Å². The van der Waals surface area contributed by atoms with Crippen LogP contribution in [0.3, 0.4) is 0 Å². The highest BCUT2D eigenvalue weighted by Gasteiger charge is 2.25. The Bertz CT molecular complexity index is 170. The first-order valence-corrected chi connectivity index (χ1v) is 6.50. The average molecular weight is 234 g/mol. The number of nitrogens with one attached hydrogen (secondary N) is 1. The van der Waals surface area contributed by atoms with E-state index in [-0.39, 0.29) is 11.3 Å². The number of unbranched alkanes of at least 4 members (excludes halogenated alkanes) is 1. The lowest BCUT2D eigenvalue weighted by Gasteiger charge is -2.29. The molecule has 0 heterocycles. The van der Waals surface area contributed by atoms with Crippen molar-refractivity contribution in [1.29, 1.82) is 0 Å². The number of halogens is 1. The molecule has 0 atom stereocenters. The highest BCUT2D eigenvalue weighted by Crippen LogP contribution is 2.26. The molecule has 0 aromatic heterocycles. The van der Waals surface area contributed by atoms with E-state index in [2.05, 4.69) is 26.1 Å². The number of amides is 1. The van der Waals surface area contributed by atoms with Gasteiger partial charge in [0.05, 0.1) is 0 Å². The SMILES string of the molecule is CCCCC(=O)NCC(CC)(CC)CCl. The average Bonchev–Trinajstić information content (AvgIpc) is 2.29. The monoisotopic (exact) mass is 233 g/mol. The van der Waals surface area contributed by atoms with Crippen molar-refractivity contribution in [3.05, 3.63) is 0 Å². The summed E-state index contributed by atoms with van der Waals surface area (Å²) in [5.74, 6) is 0.780. The fourth-order valence-electron chi connectivity index (χ4n) is 1.45. The van der Waals surface area contributed by atoms with E-state index in [0.29, 0.717) is 18.8 Å². The van der Waals surface area contributed by atoms with Gasteiger partial charge in [-0.3, -0.25) is 4.79 Å². The first kappa shape index (κ1) is 14.8. The molecule has 0 unspecified atom stereocenters. The summed E-state index contributed by atoms with van der Waals surface area (Å²) in [6, 6.07) is 0. The normalized spacial score (nSPS) is 11.5. The minimum absolute atomic E-state index is 0.0867. The molecule has 0 fully saturated rings. The van der Waals surface area contributed by atoms with Crippen molar-refractivity contribution in [1.82, 2.24) is 5.32 Å². The van der Waals surface area contributed by atoms with Gasteiger partial charge in [-0.1, -0.05) is 27.2 Å². The zero-order valence-electron chi connectivity index (χ0n) is 10.2. The highest BCUT2D eigenvalue weighted by molar-refractivity contribution is 6.18. The Morgan fingerprint density at radius 3 is 2.27 bits per heavy atom. The van der Waals surface area contributed by atoms with E-state index < -0.39 is 0 Å². The van der Waals surface area contributed by atoms with Gasteiger partial charge in [-0.05, 0) is 19.3 Å². The van der Waals surface area contributed by atoms with Gasteiger partial charge in [0.15, 0.2) is 0 Å². The minimum Gasteiger partial charge on any atom is -0.356 e. The van der Waals surface area contributed by atoms with Gasteiger partial charge in [-0.2, -0.15) is 0 Å². The predicted octanol–water partition coefficient (Wildman–Crippen LogP) is 3.34. The van der Waals surface area contributed by atoms with E-state index in [9.17, 15) is 4.79 Å². The van der Waals surface area contributed by atoms with E-state index >= 15 is 0 Å². The van der Waals surface area contributed by atoms with Crippen LogP contribution in [0.25, 0.3) is 0 Å². The summed E-state index contributed by atoms with van der Waals surface area (Å²) in [6.45, 7) is 7.06. The molecule has 3 heteroatoms. The molecule has 15 heavy (non-hydrogen) atoms. The Morgan fingerprint density at radius 1 is 1.27 bits per heavy atom. The molecule has 0 bridgehead atoms. The Hall–Kier alpha value is -0.240. The van der Waals surface area contributed by atoms with E-state index in [1.807, 2.05) is 0 Å². The molecule has 0 radical (unpaired) electrons. The van der Waals surface area contributed by atoms with Crippen molar-refractivity contribution in [2.24, 2.45) is 5.41 Å². The molecule has 0 aliphatic carbocycles. The Morgan fingerprint density at radius 2 is 1.87 bits per heavy atom. The second-order valence-corrected chi connectivity index (χ2v) is 4.49. The molecule has 90 valence electrons. The van der Waals surface area contributed by atoms with Gasteiger partial charge in [0.1, 0.15) is 0 Å². The van der Waals surface area contributed by atoms with E-state index in [1.54, 1.807) is 0 Å². The van der Waals surface area contributed by atoms with Crippen LogP contribution in [0.4, 0.5) is 0 Å². The van der Waals surface area contributed by atoms with Crippen LogP contribution in [-0.4, -0.2) is 18.3 Å². The van der Waals surface area contributed by atoms with Crippen molar-refractivity contribution in [3.8, 4) is 0 Å². The third-order valence-corrected chi connectivity index (χ3v) is 3.77. The summed E-state index contributed by atoms with van der Waals surface area (Å²) in [7, 11) is 0. The first-order chi connectivity index (χ1) is 7.14. The van der Waals surface area contributed by atoms with Crippen molar-refractivity contribution in [2.45, 2.75) is 52.9 Å². The quantitative estimate of drug-likeness (QED) is 0.641. The minimum atomic E-state index is 0.0867. The van der Waals surface area contributed by atoms with Gasteiger partial charge < -0.3 is 5.32 Å². The summed E-state index contributed by atoms with van der Waals surface area (Å²) in [4.78, 5) is 11.4. The fourth-order valence-corrected chi connectivity index (χ4v) is 1.92. The van der Waals surface area contributed by atoms with Crippen LogP contribution >= 0.6 is 11.6 Å². The van der Waals surface area contributed by atoms with Crippen LogP contribution in [0.5, 0.6) is 0 Å². The van der Waals surface area contributed by atoms with E-state index in [1.165, 1.54) is 0 Å². The maximum absolute atomic E-state index is 11.4. The summed E-state index contributed by atoms with van der Waals surface area (Å²) in [5, 5.41) is 2.99. The van der Waals surface area contributed by atoms with Crippen LogP contribution in [0.1, 0.15) is 52.9 Å². The zero-order chi connectivity index (χ0) is 11.7. The molecule has 0 aromatic carbocycles. The van der Waals surface area contributed by atoms with Crippen molar-refractivity contribution in [2.75, 3.05) is 12.4 Å². The standard InChI is InChI=1S/C12H24ClNO/c1-4-7-8-11(15)14-10-12(5-2,6-3)9-13/h4-10H2,1-3H3,(H,14,15). The van der Waals surface area contributed by atoms with Crippen LogP contribution < -0.4 is 5.32 Å². The number of carbonyl (C=O) groups is 1. The largest absolute Gasteiger partial charge is 0.356 e. The molecule has 0 rings (SSSR count). The summed E-state index contributed by atoms with van der Waals surface area (Å²) < 4.78 is 0. The Labute approximate surface area is 98.8 Å². The van der Waals surface area contributed by atoms with E-state index in [0.717, 1.165) is 25.7 Å². The number of hydrogen-bond acceptors (Lipinski definition) is 1. The van der Waals surface area contributed by atoms with Gasteiger partial charge in [0.25, 0.3) is 0 Å². The molecular formula is C12H24ClNO. The third kappa shape index (κ3) is 5.41. The van der Waals surface area contributed by atoms with Gasteiger partial charge in [0.2, 0.25) is 5.91 Å². The Balaban J connectivity index is 3.93. The molecule has 0 aliphatic rings. The molecule has 0 saturated carbocycles. The number of carbonyl (C=O) groups excluding carboxylic acids is 1. The highest BCUT2D eigenvalue weighted by atomic mass is 35.5. The number of alkyl halides is 1. The summed E-state index contributed by atoms with van der Waals surface area (Å²) in [6.07, 6.45) is 4.71. The summed E-state index contributed by atoms with van der Waals surface area (Å²) >= 11 is 5.96. The molecule has 0 aromatic rings. The van der Waals surface area contributed by atoms with Crippen LogP contribution in [0.2, 0.25) is 0 Å². The van der Waals surface area contributed by atoms with Gasteiger partial charge in [-0.25, -0.2) is 0 Å². The fraction of sp³-hybridized carbons (Fsp3) is 0.917. The number of rotatable bonds is 8. The maximum atomic E-state index is 11.4. The maximum Gasteiger partial charge on any atom is 0.220 e. The number of hydrogen-bond donors (Lipinski definition) is 1. The third-order valence-electron chi connectivity index (χ3n) is 3.20. The van der Waals surface area contributed by atoms with Crippen molar-refractivity contribution < 1.29 is 4.79 Å². The first-order valence-electron chi connectivity index (χ1n) is 5.96. The lowest BCUT2D eigenvalue weighted by Crippen LogP contribution is -2.38. The van der Waals surface area contributed by atoms with Gasteiger partial charge in [-0.15, -0.1) is 11.6 Å². The predicted molar refractivity (Wildman–Crippen MR) is 66.3 cm³/mol. The van der Waals surface area contributed by atoms with Crippen molar-refractivity contribution >= 4 is 17.5 Å². The molecule has 2 nitrogen and oxygen atoms in total. The van der Waals surface area contributed by atoms with E-state index in [4.69, 9.17) is 11.6 Å². The molecule has 1 N–H and O–H groups in total. The van der Waals surface area contributed by atoms with Crippen LogP contribution in [0.15, 0.2) is 0 Å². The van der Waals surface area contributed by atoms with Crippen LogP contribution in [0, 0.1) is 5.41 Å². The molecule has 1 amide bonds. The van der Waals surface area contributed by atoms with Gasteiger partial charge >= 0.3 is 0 Å². The smallest absolute Gasteiger partial charge is 0.220 e. The zero-order valence-corrected chi connectivity index (χ0v) is 11.0. The van der Waals surface area contributed by atoms with Crippen LogP contribution in [-0.2, 0) is 4.79 Å². The lowest BCUT2D eigenvalue weighted by atomic mass is 9.84. The Kier molecular flexibility index (Phi) is 7.85. The molecule has 0 saturated heterocycles. The second-order valence-electron chi connectivity index (χ2n) is 4.22. The molecular weight excluding hydrogens is 210 g/mol. The summed E-state index contributed by atoms with van der Waals surface area (Å²) in [5.41, 5.74) is 0.0867.